The standard InChI is InChI=1S/C20H22N2O4/c23-16-10-15(11-16)17(7-13-3-5-21-6-4-13)22-20(24)9-14-1-2-18-19(8-14)26-12-25-18/h1-6,8,15-17,23H,7,9-12H2,(H,22,24). The van der Waals surface area contributed by atoms with Gasteiger partial charge < -0.3 is 19.9 Å². The molecule has 0 bridgehead atoms. The zero-order valence-corrected chi connectivity index (χ0v) is 14.4. The maximum atomic E-state index is 12.6. The normalized spacial score (nSPS) is 21.7. The van der Waals surface area contributed by atoms with E-state index in [0.29, 0.717) is 23.8 Å². The van der Waals surface area contributed by atoms with E-state index >= 15 is 0 Å². The fourth-order valence-corrected chi connectivity index (χ4v) is 3.56. The molecular weight excluding hydrogens is 332 g/mol. The first-order chi connectivity index (χ1) is 12.7. The molecule has 1 aliphatic carbocycles. The largest absolute Gasteiger partial charge is 0.454 e. The molecule has 2 heterocycles. The van der Waals surface area contributed by atoms with Crippen molar-refractivity contribution in [2.75, 3.05) is 6.79 Å². The van der Waals surface area contributed by atoms with Gasteiger partial charge in [-0.1, -0.05) is 6.07 Å². The first-order valence-electron chi connectivity index (χ1n) is 8.92. The van der Waals surface area contributed by atoms with E-state index in [-0.39, 0.29) is 24.8 Å². The SMILES string of the molecule is O=C(Cc1ccc2c(c1)OCO2)NC(Cc1ccncc1)C1CC(O)C1. The Bertz CT molecular complexity index is 775. The number of nitrogens with one attached hydrogen (secondary N) is 1. The summed E-state index contributed by atoms with van der Waals surface area (Å²) in [5.41, 5.74) is 2.03. The van der Waals surface area contributed by atoms with Crippen LogP contribution in [0.1, 0.15) is 24.0 Å². The quantitative estimate of drug-likeness (QED) is 0.828. The Hall–Kier alpha value is -2.60. The molecule has 1 atom stereocenters. The van der Waals surface area contributed by atoms with Crippen LogP contribution in [0.15, 0.2) is 42.7 Å². The molecule has 1 unspecified atom stereocenters. The maximum Gasteiger partial charge on any atom is 0.231 e. The number of aliphatic hydroxyl groups is 1. The second-order valence-corrected chi connectivity index (χ2v) is 6.98. The van der Waals surface area contributed by atoms with E-state index in [2.05, 4.69) is 10.3 Å². The third-order valence-electron chi connectivity index (χ3n) is 5.07. The molecule has 136 valence electrons. The molecule has 1 aromatic heterocycles. The number of hydrogen-bond acceptors (Lipinski definition) is 5. The van der Waals surface area contributed by atoms with Crippen molar-refractivity contribution in [1.29, 1.82) is 0 Å². The molecule has 1 aromatic carbocycles. The van der Waals surface area contributed by atoms with E-state index in [1.54, 1.807) is 12.4 Å². The van der Waals surface area contributed by atoms with Crippen molar-refractivity contribution in [3.63, 3.8) is 0 Å². The summed E-state index contributed by atoms with van der Waals surface area (Å²) in [5, 5.41) is 12.8. The lowest BCUT2D eigenvalue weighted by molar-refractivity contribution is -0.122. The number of rotatable bonds is 6. The van der Waals surface area contributed by atoms with Crippen LogP contribution in [0.25, 0.3) is 0 Å². The van der Waals surface area contributed by atoms with Gasteiger partial charge in [-0.15, -0.1) is 0 Å². The van der Waals surface area contributed by atoms with E-state index in [0.717, 1.165) is 30.4 Å². The van der Waals surface area contributed by atoms with Crippen molar-refractivity contribution in [3.05, 3.63) is 53.9 Å². The highest BCUT2D eigenvalue weighted by molar-refractivity contribution is 5.79. The summed E-state index contributed by atoms with van der Waals surface area (Å²) in [6.45, 7) is 0.225. The molecular formula is C20H22N2O4. The van der Waals surface area contributed by atoms with Crippen LogP contribution in [0.3, 0.4) is 0 Å². The van der Waals surface area contributed by atoms with Gasteiger partial charge in [0, 0.05) is 18.4 Å². The molecule has 0 radical (unpaired) electrons. The summed E-state index contributed by atoms with van der Waals surface area (Å²) in [6.07, 6.45) is 5.78. The Morgan fingerprint density at radius 1 is 1.15 bits per heavy atom. The highest BCUT2D eigenvalue weighted by atomic mass is 16.7. The van der Waals surface area contributed by atoms with Gasteiger partial charge in [-0.3, -0.25) is 9.78 Å². The van der Waals surface area contributed by atoms with Gasteiger partial charge in [0.1, 0.15) is 0 Å². The zero-order valence-electron chi connectivity index (χ0n) is 14.4. The topological polar surface area (TPSA) is 80.7 Å². The van der Waals surface area contributed by atoms with Crippen LogP contribution in [-0.4, -0.2) is 34.9 Å². The highest BCUT2D eigenvalue weighted by Gasteiger charge is 2.34. The van der Waals surface area contributed by atoms with Gasteiger partial charge in [0.25, 0.3) is 0 Å². The number of hydrogen-bond donors (Lipinski definition) is 2. The Morgan fingerprint density at radius 2 is 1.92 bits per heavy atom. The van der Waals surface area contributed by atoms with Gasteiger partial charge >= 0.3 is 0 Å². The van der Waals surface area contributed by atoms with Crippen molar-refractivity contribution >= 4 is 5.91 Å². The first-order valence-corrected chi connectivity index (χ1v) is 8.92. The van der Waals surface area contributed by atoms with Crippen LogP contribution in [0.2, 0.25) is 0 Å². The number of amides is 1. The lowest BCUT2D eigenvalue weighted by atomic mass is 9.75. The second-order valence-electron chi connectivity index (χ2n) is 6.98. The molecule has 6 heteroatoms. The van der Waals surface area contributed by atoms with E-state index in [4.69, 9.17) is 9.47 Å². The van der Waals surface area contributed by atoms with Crippen LogP contribution < -0.4 is 14.8 Å². The summed E-state index contributed by atoms with van der Waals surface area (Å²) >= 11 is 0. The number of carbonyl (C=O) groups is 1. The zero-order chi connectivity index (χ0) is 17.9. The molecule has 4 rings (SSSR count). The molecule has 2 aromatic rings. The van der Waals surface area contributed by atoms with Crippen molar-refractivity contribution in [3.8, 4) is 11.5 Å². The molecule has 2 N–H and O–H groups in total. The molecule has 2 aliphatic rings. The monoisotopic (exact) mass is 354 g/mol. The Balaban J connectivity index is 1.40. The minimum Gasteiger partial charge on any atom is -0.454 e. The van der Waals surface area contributed by atoms with Crippen LogP contribution in [0.5, 0.6) is 11.5 Å². The number of pyridine rings is 1. The Labute approximate surface area is 152 Å². The predicted molar refractivity (Wildman–Crippen MR) is 94.9 cm³/mol. The van der Waals surface area contributed by atoms with Gasteiger partial charge in [0.2, 0.25) is 12.7 Å². The van der Waals surface area contributed by atoms with E-state index in [1.165, 1.54) is 0 Å². The maximum absolute atomic E-state index is 12.6. The van der Waals surface area contributed by atoms with Gasteiger partial charge in [0.05, 0.1) is 12.5 Å². The lowest BCUT2D eigenvalue weighted by Crippen LogP contribution is -2.48. The Morgan fingerprint density at radius 3 is 2.69 bits per heavy atom. The molecule has 6 nitrogen and oxygen atoms in total. The fourth-order valence-electron chi connectivity index (χ4n) is 3.56. The van der Waals surface area contributed by atoms with Gasteiger partial charge in [-0.05, 0) is 60.6 Å². The summed E-state index contributed by atoms with van der Waals surface area (Å²) in [5.74, 6) is 1.68. The third-order valence-corrected chi connectivity index (χ3v) is 5.07. The number of aliphatic hydroxyl groups excluding tert-OH is 1. The van der Waals surface area contributed by atoms with Crippen LogP contribution in [-0.2, 0) is 17.6 Å². The highest BCUT2D eigenvalue weighted by Crippen LogP contribution is 2.33. The van der Waals surface area contributed by atoms with Gasteiger partial charge in [-0.2, -0.15) is 0 Å². The van der Waals surface area contributed by atoms with Crippen LogP contribution in [0, 0.1) is 5.92 Å². The molecule has 0 spiro atoms. The van der Waals surface area contributed by atoms with E-state index < -0.39 is 0 Å². The number of fused-ring (bicyclic) bond motifs is 1. The summed E-state index contributed by atoms with van der Waals surface area (Å²) in [7, 11) is 0. The fraction of sp³-hybridized carbons (Fsp3) is 0.400. The molecule has 1 fully saturated rings. The minimum atomic E-state index is -0.245. The Kier molecular flexibility index (Phi) is 4.75. The average molecular weight is 354 g/mol. The predicted octanol–water partition coefficient (Wildman–Crippen LogP) is 1.85. The van der Waals surface area contributed by atoms with Crippen LogP contribution in [0.4, 0.5) is 0 Å². The van der Waals surface area contributed by atoms with Gasteiger partial charge in [-0.25, -0.2) is 0 Å². The van der Waals surface area contributed by atoms with Crippen molar-refractivity contribution < 1.29 is 19.4 Å². The van der Waals surface area contributed by atoms with Gasteiger partial charge in [0.15, 0.2) is 11.5 Å². The molecule has 1 aliphatic heterocycles. The van der Waals surface area contributed by atoms with E-state index in [1.807, 2.05) is 30.3 Å². The first kappa shape index (κ1) is 16.8. The number of carbonyl (C=O) groups excluding carboxylic acids is 1. The average Bonchev–Trinajstić information content (AvgIpc) is 3.07. The number of nitrogens with zero attached hydrogens (tertiary/aromatic N) is 1. The molecule has 0 saturated heterocycles. The number of benzene rings is 1. The molecule has 1 amide bonds. The number of ether oxygens (including phenoxy) is 2. The summed E-state index contributed by atoms with van der Waals surface area (Å²) < 4.78 is 10.7. The lowest BCUT2D eigenvalue weighted by Gasteiger charge is -2.38. The minimum absolute atomic E-state index is 0.0160. The van der Waals surface area contributed by atoms with Crippen molar-refractivity contribution in [2.45, 2.75) is 37.8 Å². The van der Waals surface area contributed by atoms with Crippen molar-refractivity contribution in [1.82, 2.24) is 10.3 Å². The van der Waals surface area contributed by atoms with Crippen molar-refractivity contribution in [2.24, 2.45) is 5.92 Å². The summed E-state index contributed by atoms with van der Waals surface area (Å²) in [4.78, 5) is 16.6. The molecule has 26 heavy (non-hydrogen) atoms. The smallest absolute Gasteiger partial charge is 0.231 e. The van der Waals surface area contributed by atoms with Crippen LogP contribution >= 0.6 is 0 Å². The van der Waals surface area contributed by atoms with E-state index in [9.17, 15) is 9.90 Å². The third kappa shape index (κ3) is 3.80. The molecule has 1 saturated carbocycles. The summed E-state index contributed by atoms with van der Waals surface area (Å²) in [6, 6.07) is 9.52. The number of aromatic nitrogens is 1. The second kappa shape index (κ2) is 7.33.